The number of urea groups is 1. The number of rotatable bonds is 8. The third-order valence-corrected chi connectivity index (χ3v) is 4.45. The third-order valence-electron chi connectivity index (χ3n) is 4.45. The van der Waals surface area contributed by atoms with Gasteiger partial charge in [0, 0.05) is 19.4 Å². The molecule has 1 aliphatic heterocycles. The maximum Gasteiger partial charge on any atom is 0.338 e. The molecule has 0 saturated carbocycles. The minimum atomic E-state index is -0.627. The Balaban J connectivity index is 2.39. The second-order valence-corrected chi connectivity index (χ2v) is 6.25. The number of nitrogens with zero attached hydrogens (tertiary/aromatic N) is 2. The minimum absolute atomic E-state index is 0.134. The molecule has 0 aliphatic carbocycles. The summed E-state index contributed by atoms with van der Waals surface area (Å²) in [6.07, 6.45) is 1.77. The first-order valence-electron chi connectivity index (χ1n) is 8.98. The van der Waals surface area contributed by atoms with Gasteiger partial charge in [0.1, 0.15) is 6.61 Å². The summed E-state index contributed by atoms with van der Waals surface area (Å²) in [6.45, 7) is 4.77. The van der Waals surface area contributed by atoms with Crippen LogP contribution in [0.5, 0.6) is 0 Å². The lowest BCUT2D eigenvalue weighted by atomic mass is 9.94. The predicted octanol–water partition coefficient (Wildman–Crippen LogP) is 2.89. The molecule has 0 saturated heterocycles. The van der Waals surface area contributed by atoms with Crippen LogP contribution >= 0.6 is 0 Å². The summed E-state index contributed by atoms with van der Waals surface area (Å²) >= 11 is 0. The average molecular weight is 371 g/mol. The maximum absolute atomic E-state index is 12.8. The van der Waals surface area contributed by atoms with E-state index in [2.05, 4.69) is 11.4 Å². The Bertz CT molecular complexity index is 749. The molecule has 7 heteroatoms. The van der Waals surface area contributed by atoms with Crippen LogP contribution < -0.4 is 5.32 Å². The van der Waals surface area contributed by atoms with Crippen LogP contribution in [0.25, 0.3) is 0 Å². The Morgan fingerprint density at radius 1 is 1.30 bits per heavy atom. The second kappa shape index (κ2) is 9.74. The zero-order valence-corrected chi connectivity index (χ0v) is 15.9. The van der Waals surface area contributed by atoms with E-state index in [-0.39, 0.29) is 12.6 Å². The van der Waals surface area contributed by atoms with Gasteiger partial charge in [0.05, 0.1) is 29.9 Å². The van der Waals surface area contributed by atoms with Crippen LogP contribution in [-0.4, -0.2) is 43.8 Å². The standard InChI is InChI=1S/C20H25N3O4/c1-4-5-10-23-14(2)17(19(24)27-12-11-26-3)18(22-20(23)25)16-8-6-15(13-21)7-9-16/h6-9,18H,4-5,10-12H2,1-3H3,(H,22,25). The number of amides is 2. The van der Waals surface area contributed by atoms with Gasteiger partial charge in [-0.2, -0.15) is 5.26 Å². The average Bonchev–Trinajstić information content (AvgIpc) is 2.67. The molecule has 1 aliphatic rings. The fraction of sp³-hybridized carbons (Fsp3) is 0.450. The van der Waals surface area contributed by atoms with E-state index in [1.807, 2.05) is 6.92 Å². The van der Waals surface area contributed by atoms with Crippen LogP contribution in [0.3, 0.4) is 0 Å². The monoisotopic (exact) mass is 371 g/mol. The highest BCUT2D eigenvalue weighted by Crippen LogP contribution is 2.31. The zero-order chi connectivity index (χ0) is 19.8. The Morgan fingerprint density at radius 3 is 2.59 bits per heavy atom. The van der Waals surface area contributed by atoms with Crippen LogP contribution in [0, 0.1) is 11.3 Å². The van der Waals surface area contributed by atoms with Crippen LogP contribution in [-0.2, 0) is 14.3 Å². The van der Waals surface area contributed by atoms with Crippen molar-refractivity contribution in [3.8, 4) is 6.07 Å². The Labute approximate surface area is 159 Å². The molecule has 0 radical (unpaired) electrons. The van der Waals surface area contributed by atoms with E-state index in [0.717, 1.165) is 18.4 Å². The summed E-state index contributed by atoms with van der Waals surface area (Å²) in [5, 5.41) is 11.9. The van der Waals surface area contributed by atoms with Gasteiger partial charge in [-0.25, -0.2) is 9.59 Å². The quantitative estimate of drug-likeness (QED) is 0.560. The molecule has 1 aromatic carbocycles. The molecule has 2 rings (SSSR count). The summed E-state index contributed by atoms with van der Waals surface area (Å²) < 4.78 is 10.3. The lowest BCUT2D eigenvalue weighted by Gasteiger charge is -2.35. The number of benzene rings is 1. The summed E-state index contributed by atoms with van der Waals surface area (Å²) in [7, 11) is 1.53. The molecular formula is C20H25N3O4. The zero-order valence-electron chi connectivity index (χ0n) is 15.9. The molecule has 2 amide bonds. The fourth-order valence-corrected chi connectivity index (χ4v) is 2.93. The lowest BCUT2D eigenvalue weighted by Crippen LogP contribution is -2.48. The molecule has 144 valence electrons. The second-order valence-electron chi connectivity index (χ2n) is 6.25. The van der Waals surface area contributed by atoms with Crippen molar-refractivity contribution in [2.75, 3.05) is 26.9 Å². The van der Waals surface area contributed by atoms with E-state index < -0.39 is 12.0 Å². The fourth-order valence-electron chi connectivity index (χ4n) is 2.93. The van der Waals surface area contributed by atoms with Crippen molar-refractivity contribution in [3.05, 3.63) is 46.7 Å². The predicted molar refractivity (Wildman–Crippen MR) is 99.6 cm³/mol. The first kappa shape index (κ1) is 20.5. The Morgan fingerprint density at radius 2 is 2.00 bits per heavy atom. The van der Waals surface area contributed by atoms with E-state index in [9.17, 15) is 9.59 Å². The number of nitrogens with one attached hydrogen (secondary N) is 1. The topological polar surface area (TPSA) is 91.7 Å². The summed E-state index contributed by atoms with van der Waals surface area (Å²) in [6, 6.07) is 7.98. The SMILES string of the molecule is CCCCN1C(=O)NC(c2ccc(C#N)cc2)C(C(=O)OCCOC)=C1C. The number of unbranched alkanes of at least 4 members (excludes halogenated alkanes) is 1. The number of carbonyl (C=O) groups excluding carboxylic acids is 2. The molecule has 1 unspecified atom stereocenters. The smallest absolute Gasteiger partial charge is 0.338 e. The van der Waals surface area contributed by atoms with Crippen molar-refractivity contribution < 1.29 is 19.1 Å². The number of carbonyl (C=O) groups is 2. The van der Waals surface area contributed by atoms with Crippen molar-refractivity contribution in [2.24, 2.45) is 0 Å². The van der Waals surface area contributed by atoms with Gasteiger partial charge in [0.25, 0.3) is 0 Å². The van der Waals surface area contributed by atoms with E-state index in [4.69, 9.17) is 14.7 Å². The van der Waals surface area contributed by atoms with E-state index in [1.165, 1.54) is 7.11 Å². The van der Waals surface area contributed by atoms with E-state index in [0.29, 0.717) is 30.0 Å². The minimum Gasteiger partial charge on any atom is -0.460 e. The molecule has 0 aromatic heterocycles. The number of esters is 1. The van der Waals surface area contributed by atoms with E-state index in [1.54, 1.807) is 36.1 Å². The first-order chi connectivity index (χ1) is 13.0. The van der Waals surface area contributed by atoms with Crippen LogP contribution in [0.2, 0.25) is 0 Å². The van der Waals surface area contributed by atoms with Gasteiger partial charge in [-0.3, -0.25) is 4.90 Å². The van der Waals surface area contributed by atoms with Crippen molar-refractivity contribution >= 4 is 12.0 Å². The molecule has 1 N–H and O–H groups in total. The molecule has 0 spiro atoms. The highest BCUT2D eigenvalue weighted by atomic mass is 16.6. The molecule has 7 nitrogen and oxygen atoms in total. The van der Waals surface area contributed by atoms with Gasteiger partial charge in [0.2, 0.25) is 0 Å². The number of allylic oxidation sites excluding steroid dienone is 1. The molecular weight excluding hydrogens is 346 g/mol. The van der Waals surface area contributed by atoms with Crippen molar-refractivity contribution in [3.63, 3.8) is 0 Å². The van der Waals surface area contributed by atoms with Crippen molar-refractivity contribution in [1.82, 2.24) is 10.2 Å². The maximum atomic E-state index is 12.8. The summed E-state index contributed by atoms with van der Waals surface area (Å²) in [5.41, 5.74) is 2.21. The summed E-state index contributed by atoms with van der Waals surface area (Å²) in [4.78, 5) is 26.9. The molecule has 1 atom stereocenters. The van der Waals surface area contributed by atoms with Gasteiger partial charge in [0.15, 0.2) is 0 Å². The Kier molecular flexibility index (Phi) is 7.38. The molecule has 27 heavy (non-hydrogen) atoms. The van der Waals surface area contributed by atoms with Gasteiger partial charge in [-0.15, -0.1) is 0 Å². The van der Waals surface area contributed by atoms with E-state index >= 15 is 0 Å². The van der Waals surface area contributed by atoms with Gasteiger partial charge in [-0.05, 0) is 31.0 Å². The van der Waals surface area contributed by atoms with Gasteiger partial charge >= 0.3 is 12.0 Å². The third kappa shape index (κ3) is 4.86. The van der Waals surface area contributed by atoms with Crippen molar-refractivity contribution in [1.29, 1.82) is 5.26 Å². The van der Waals surface area contributed by atoms with Gasteiger partial charge < -0.3 is 14.8 Å². The highest BCUT2D eigenvalue weighted by molar-refractivity contribution is 5.95. The molecule has 1 aromatic rings. The lowest BCUT2D eigenvalue weighted by molar-refractivity contribution is -0.140. The Hall–Kier alpha value is -2.85. The first-order valence-corrected chi connectivity index (χ1v) is 8.98. The number of hydrogen-bond acceptors (Lipinski definition) is 5. The van der Waals surface area contributed by atoms with Gasteiger partial charge in [-0.1, -0.05) is 25.5 Å². The largest absolute Gasteiger partial charge is 0.460 e. The highest BCUT2D eigenvalue weighted by Gasteiger charge is 2.36. The molecule has 0 bridgehead atoms. The molecule has 0 fully saturated rings. The summed E-state index contributed by atoms with van der Waals surface area (Å²) in [5.74, 6) is -0.486. The number of methoxy groups -OCH3 is 1. The number of ether oxygens (including phenoxy) is 2. The van der Waals surface area contributed by atoms with Crippen LogP contribution in [0.15, 0.2) is 35.5 Å². The number of hydrogen-bond donors (Lipinski definition) is 1. The van der Waals surface area contributed by atoms with Crippen LogP contribution in [0.1, 0.15) is 43.9 Å². The normalized spacial score (nSPS) is 16.7. The van der Waals surface area contributed by atoms with Crippen LogP contribution in [0.4, 0.5) is 4.79 Å². The van der Waals surface area contributed by atoms with Crippen molar-refractivity contribution in [2.45, 2.75) is 32.7 Å². The molecule has 1 heterocycles. The number of nitriles is 1.